The van der Waals surface area contributed by atoms with E-state index < -0.39 is 17.7 Å². The van der Waals surface area contributed by atoms with E-state index in [2.05, 4.69) is 5.32 Å². The molecule has 1 N–H and O–H groups in total. The predicted molar refractivity (Wildman–Crippen MR) is 102 cm³/mol. The smallest absolute Gasteiger partial charge is 0.408 e. The molecule has 6 heteroatoms. The topological polar surface area (TPSA) is 67.9 Å². The Morgan fingerprint density at radius 1 is 1.19 bits per heavy atom. The second kappa shape index (κ2) is 10.0. The number of likely N-dealkylation sites (N-methyl/N-ethyl adjacent to an activating group) is 1. The molecule has 1 aromatic rings. The normalized spacial score (nSPS) is 13.5. The highest BCUT2D eigenvalue weighted by Crippen LogP contribution is 2.13. The van der Waals surface area contributed by atoms with Crippen LogP contribution in [0.3, 0.4) is 0 Å². The number of nitrogens with one attached hydrogen (secondary N) is 1. The van der Waals surface area contributed by atoms with Gasteiger partial charge in [-0.25, -0.2) is 4.79 Å². The van der Waals surface area contributed by atoms with Crippen LogP contribution in [0.5, 0.6) is 5.75 Å². The second-order valence-corrected chi connectivity index (χ2v) is 7.43. The lowest BCUT2D eigenvalue weighted by molar-refractivity contribution is -0.133. The maximum atomic E-state index is 12.8. The SMILES string of the molecule is CC[C@H](C)[C@@H](NC(=O)OC(C)(C)C)C(=O)N(C)CCOc1ccccc1. The van der Waals surface area contributed by atoms with Crippen molar-refractivity contribution in [2.24, 2.45) is 5.92 Å². The average molecular weight is 364 g/mol. The van der Waals surface area contributed by atoms with E-state index in [-0.39, 0.29) is 11.8 Å². The van der Waals surface area contributed by atoms with Crippen molar-refractivity contribution >= 4 is 12.0 Å². The molecule has 26 heavy (non-hydrogen) atoms. The minimum atomic E-state index is -0.628. The lowest BCUT2D eigenvalue weighted by atomic mass is 9.98. The highest BCUT2D eigenvalue weighted by Gasteiger charge is 2.30. The number of para-hydroxylation sites is 1. The molecule has 0 unspecified atom stereocenters. The predicted octanol–water partition coefficient (Wildman–Crippen LogP) is 3.46. The Hall–Kier alpha value is -2.24. The summed E-state index contributed by atoms with van der Waals surface area (Å²) in [6.07, 6.45) is 0.186. The van der Waals surface area contributed by atoms with Crippen LogP contribution in [0.25, 0.3) is 0 Å². The first-order valence-electron chi connectivity index (χ1n) is 9.06. The van der Waals surface area contributed by atoms with E-state index in [1.54, 1.807) is 32.7 Å². The molecule has 2 amide bonds. The Kier molecular flexibility index (Phi) is 8.42. The maximum Gasteiger partial charge on any atom is 0.408 e. The molecule has 0 spiro atoms. The zero-order valence-electron chi connectivity index (χ0n) is 16.7. The lowest BCUT2D eigenvalue weighted by Crippen LogP contribution is -2.52. The van der Waals surface area contributed by atoms with Crippen LogP contribution >= 0.6 is 0 Å². The number of rotatable bonds is 8. The number of hydrogen-bond acceptors (Lipinski definition) is 4. The molecule has 2 atom stereocenters. The van der Waals surface area contributed by atoms with Crippen molar-refractivity contribution in [2.75, 3.05) is 20.2 Å². The largest absolute Gasteiger partial charge is 0.492 e. The van der Waals surface area contributed by atoms with Gasteiger partial charge >= 0.3 is 6.09 Å². The first-order chi connectivity index (χ1) is 12.1. The van der Waals surface area contributed by atoms with Crippen LogP contribution in [-0.4, -0.2) is 48.7 Å². The van der Waals surface area contributed by atoms with Crippen LogP contribution in [0.4, 0.5) is 4.79 Å². The Bertz CT molecular complexity index is 569. The molecular formula is C20H32N2O4. The van der Waals surface area contributed by atoms with E-state index in [1.165, 1.54) is 0 Å². The highest BCUT2D eigenvalue weighted by molar-refractivity contribution is 5.85. The van der Waals surface area contributed by atoms with Gasteiger partial charge in [-0.3, -0.25) is 4.79 Å². The Balaban J connectivity index is 2.61. The number of ether oxygens (including phenoxy) is 2. The summed E-state index contributed by atoms with van der Waals surface area (Å²) in [5, 5.41) is 2.72. The number of carbonyl (C=O) groups excluding carboxylic acids is 2. The van der Waals surface area contributed by atoms with Gasteiger partial charge in [0.2, 0.25) is 5.91 Å². The molecule has 6 nitrogen and oxygen atoms in total. The fourth-order valence-electron chi connectivity index (χ4n) is 2.28. The summed E-state index contributed by atoms with van der Waals surface area (Å²) in [7, 11) is 1.71. The van der Waals surface area contributed by atoms with Crippen molar-refractivity contribution in [1.29, 1.82) is 0 Å². The van der Waals surface area contributed by atoms with Crippen LogP contribution in [0.15, 0.2) is 30.3 Å². The van der Waals surface area contributed by atoms with Crippen LogP contribution in [0, 0.1) is 5.92 Å². The van der Waals surface area contributed by atoms with Crippen LogP contribution in [0.1, 0.15) is 41.0 Å². The van der Waals surface area contributed by atoms with Gasteiger partial charge in [-0.2, -0.15) is 0 Å². The third kappa shape index (κ3) is 7.76. The third-order valence-electron chi connectivity index (χ3n) is 3.97. The van der Waals surface area contributed by atoms with Gasteiger partial charge in [0.1, 0.15) is 24.0 Å². The summed E-state index contributed by atoms with van der Waals surface area (Å²) >= 11 is 0. The summed E-state index contributed by atoms with van der Waals surface area (Å²) in [4.78, 5) is 26.5. The van der Waals surface area contributed by atoms with Crippen molar-refractivity contribution in [1.82, 2.24) is 10.2 Å². The summed E-state index contributed by atoms with van der Waals surface area (Å²) in [6, 6.07) is 8.82. The Morgan fingerprint density at radius 2 is 1.81 bits per heavy atom. The summed E-state index contributed by atoms with van der Waals surface area (Å²) in [5.74, 6) is 0.605. The zero-order chi connectivity index (χ0) is 19.7. The van der Waals surface area contributed by atoms with Gasteiger partial charge in [-0.15, -0.1) is 0 Å². The monoisotopic (exact) mass is 364 g/mol. The molecule has 0 bridgehead atoms. The van der Waals surface area contributed by atoms with Gasteiger partial charge < -0.3 is 19.7 Å². The van der Waals surface area contributed by atoms with E-state index in [0.717, 1.165) is 12.2 Å². The molecule has 0 heterocycles. The molecule has 146 valence electrons. The summed E-state index contributed by atoms with van der Waals surface area (Å²) < 4.78 is 10.9. The molecule has 0 aliphatic rings. The quantitative estimate of drug-likeness (QED) is 0.767. The fourth-order valence-corrected chi connectivity index (χ4v) is 2.28. The lowest BCUT2D eigenvalue weighted by Gasteiger charge is -2.29. The molecular weight excluding hydrogens is 332 g/mol. The second-order valence-electron chi connectivity index (χ2n) is 7.43. The number of nitrogens with zero attached hydrogens (tertiary/aromatic N) is 1. The average Bonchev–Trinajstić information content (AvgIpc) is 2.57. The Labute approximate surface area is 156 Å². The first kappa shape index (κ1) is 21.8. The van der Waals surface area contributed by atoms with Gasteiger partial charge in [0.05, 0.1) is 6.54 Å². The number of carbonyl (C=O) groups is 2. The van der Waals surface area contributed by atoms with Gasteiger partial charge in [0.25, 0.3) is 0 Å². The van der Waals surface area contributed by atoms with E-state index >= 15 is 0 Å². The Morgan fingerprint density at radius 3 is 2.35 bits per heavy atom. The number of hydrogen-bond donors (Lipinski definition) is 1. The third-order valence-corrected chi connectivity index (χ3v) is 3.97. The van der Waals surface area contributed by atoms with Crippen molar-refractivity contribution in [3.8, 4) is 5.75 Å². The number of benzene rings is 1. The van der Waals surface area contributed by atoms with Crippen molar-refractivity contribution in [3.05, 3.63) is 30.3 Å². The molecule has 0 aliphatic heterocycles. The zero-order valence-corrected chi connectivity index (χ0v) is 16.7. The summed E-state index contributed by atoms with van der Waals surface area (Å²) in [6.45, 7) is 10.1. The van der Waals surface area contributed by atoms with Gasteiger partial charge in [0, 0.05) is 7.05 Å². The molecule has 0 saturated carbocycles. The number of amides is 2. The minimum Gasteiger partial charge on any atom is -0.492 e. The maximum absolute atomic E-state index is 12.8. The number of alkyl carbamates (subject to hydrolysis) is 1. The van der Waals surface area contributed by atoms with Crippen molar-refractivity contribution in [3.63, 3.8) is 0 Å². The highest BCUT2D eigenvalue weighted by atomic mass is 16.6. The van der Waals surface area contributed by atoms with Crippen LogP contribution < -0.4 is 10.1 Å². The molecule has 0 fully saturated rings. The summed E-state index contributed by atoms with van der Waals surface area (Å²) in [5.41, 5.74) is -0.609. The van der Waals surface area contributed by atoms with E-state index in [1.807, 2.05) is 44.2 Å². The molecule has 0 aliphatic carbocycles. The van der Waals surface area contributed by atoms with Gasteiger partial charge in [0.15, 0.2) is 0 Å². The van der Waals surface area contributed by atoms with E-state index in [4.69, 9.17) is 9.47 Å². The minimum absolute atomic E-state index is 0.00694. The standard InChI is InChI=1S/C20H32N2O4/c1-7-15(2)17(21-19(24)26-20(3,4)5)18(23)22(6)13-14-25-16-11-9-8-10-12-16/h8-12,15,17H,7,13-14H2,1-6H3,(H,21,24)/t15-,17+/m0/s1. The fraction of sp³-hybridized carbons (Fsp3) is 0.600. The molecule has 1 rings (SSSR count). The molecule has 1 aromatic carbocycles. The molecule has 0 radical (unpaired) electrons. The van der Waals surface area contributed by atoms with E-state index in [0.29, 0.717) is 13.2 Å². The van der Waals surface area contributed by atoms with Gasteiger partial charge in [-0.05, 0) is 38.8 Å². The van der Waals surface area contributed by atoms with Crippen LogP contribution in [-0.2, 0) is 9.53 Å². The van der Waals surface area contributed by atoms with Crippen molar-refractivity contribution < 1.29 is 19.1 Å². The van der Waals surface area contributed by atoms with Crippen LogP contribution in [0.2, 0.25) is 0 Å². The first-order valence-corrected chi connectivity index (χ1v) is 9.06. The molecule has 0 saturated heterocycles. The van der Waals surface area contributed by atoms with Crippen molar-refractivity contribution in [2.45, 2.75) is 52.7 Å². The van der Waals surface area contributed by atoms with Gasteiger partial charge in [-0.1, -0.05) is 38.5 Å². The van der Waals surface area contributed by atoms with E-state index in [9.17, 15) is 9.59 Å². The molecule has 0 aromatic heterocycles.